The molecule has 2 rings (SSSR count). The summed E-state index contributed by atoms with van der Waals surface area (Å²) < 4.78 is 37.0. The van der Waals surface area contributed by atoms with E-state index in [9.17, 15) is 13.2 Å². The molecule has 5 heteroatoms. The molecular weight excluding hydrogens is 405 g/mol. The Hall–Kier alpha value is -0.417. The summed E-state index contributed by atoms with van der Waals surface area (Å²) in [6.45, 7) is 0. The second-order valence-electron chi connectivity index (χ2n) is 3.36. The van der Waals surface area contributed by atoms with Gasteiger partial charge in [0.1, 0.15) is 0 Å². The number of benzene rings is 2. The maximum atomic E-state index is 12.3. The summed E-state index contributed by atoms with van der Waals surface area (Å²) in [4.78, 5) is 0. The van der Waals surface area contributed by atoms with Gasteiger partial charge in [0, 0.05) is 0 Å². The molecule has 0 aliphatic rings. The molecule has 18 heavy (non-hydrogen) atoms. The van der Waals surface area contributed by atoms with Gasteiger partial charge in [0.15, 0.2) is 0 Å². The van der Waals surface area contributed by atoms with Gasteiger partial charge in [-0.1, -0.05) is 12.1 Å². The van der Waals surface area contributed by atoms with Crippen LogP contribution in [0.1, 0.15) is 5.56 Å². The molecule has 0 spiro atoms. The zero-order valence-electron chi connectivity index (χ0n) is 9.34. The monoisotopic (exact) mass is 412 g/mol. The van der Waals surface area contributed by atoms with Crippen LogP contribution < -0.4 is 0 Å². The summed E-state index contributed by atoms with van der Waals surface area (Å²) in [5, 5.41) is 0. The third-order valence-electron chi connectivity index (χ3n) is 2.26. The molecule has 2 aromatic carbocycles. The quantitative estimate of drug-likeness (QED) is 0.348. The van der Waals surface area contributed by atoms with Crippen molar-refractivity contribution in [2.75, 3.05) is 0 Å². The molecule has 0 amide bonds. The molecule has 0 unspecified atom stereocenters. The molecule has 0 saturated heterocycles. The van der Waals surface area contributed by atoms with Crippen LogP contribution in [0.4, 0.5) is 13.2 Å². The number of hydrogen-bond acceptors (Lipinski definition) is 0. The van der Waals surface area contributed by atoms with Crippen molar-refractivity contribution in [2.24, 2.45) is 0 Å². The van der Waals surface area contributed by atoms with Crippen LogP contribution in [0, 0.1) is 6.07 Å². The van der Waals surface area contributed by atoms with Crippen molar-refractivity contribution in [3.8, 4) is 11.1 Å². The van der Waals surface area contributed by atoms with E-state index in [0.717, 1.165) is 23.3 Å². The Balaban J connectivity index is 0.000000771. The van der Waals surface area contributed by atoms with Gasteiger partial charge >= 0.3 is 40.7 Å². The molecule has 0 aliphatic heterocycles. The topological polar surface area (TPSA) is 0 Å². The normalized spacial score (nSPS) is 10.6. The SMILES string of the molecule is FC(F)(F)c1ccc(-c2cc[c-]cc2)cc1.[Zn+][I]. The van der Waals surface area contributed by atoms with Gasteiger partial charge < -0.3 is 0 Å². The summed E-state index contributed by atoms with van der Waals surface area (Å²) in [6, 6.07) is 15.1. The van der Waals surface area contributed by atoms with Gasteiger partial charge in [-0.25, -0.2) is 0 Å². The van der Waals surface area contributed by atoms with E-state index in [2.05, 4.69) is 25.8 Å². The summed E-state index contributed by atoms with van der Waals surface area (Å²) >= 11 is 3.62. The minimum absolute atomic E-state index is 0.626. The van der Waals surface area contributed by atoms with Crippen molar-refractivity contribution in [3.05, 3.63) is 60.2 Å². The van der Waals surface area contributed by atoms with E-state index in [4.69, 9.17) is 0 Å². The Bertz CT molecular complexity index is 466. The minimum atomic E-state index is -4.27. The zero-order chi connectivity index (χ0) is 13.6. The van der Waals surface area contributed by atoms with Crippen LogP contribution in [-0.2, 0) is 21.0 Å². The molecule has 0 radical (unpaired) electrons. The molecule has 0 atom stereocenters. The van der Waals surface area contributed by atoms with Crippen molar-refractivity contribution in [1.82, 2.24) is 0 Å². The first kappa shape index (κ1) is 15.6. The van der Waals surface area contributed by atoms with Gasteiger partial charge in [0.05, 0.1) is 5.56 Å². The fourth-order valence-corrected chi connectivity index (χ4v) is 1.43. The van der Waals surface area contributed by atoms with Crippen LogP contribution in [0.25, 0.3) is 11.1 Å². The van der Waals surface area contributed by atoms with Gasteiger partial charge in [0.2, 0.25) is 0 Å². The molecule has 90 valence electrons. The molecule has 0 aromatic heterocycles. The van der Waals surface area contributed by atoms with E-state index in [-0.39, 0.29) is 0 Å². The Morgan fingerprint density at radius 3 is 1.72 bits per heavy atom. The van der Waals surface area contributed by atoms with Crippen molar-refractivity contribution >= 4 is 19.8 Å². The van der Waals surface area contributed by atoms with E-state index >= 15 is 0 Å². The van der Waals surface area contributed by atoms with Crippen molar-refractivity contribution < 1.29 is 28.0 Å². The van der Waals surface area contributed by atoms with Gasteiger partial charge in [-0.2, -0.15) is 43.5 Å². The van der Waals surface area contributed by atoms with Gasteiger partial charge in [-0.05, 0) is 17.7 Å². The number of halogens is 4. The summed E-state index contributed by atoms with van der Waals surface area (Å²) in [7, 11) is 0. The Morgan fingerprint density at radius 2 is 1.28 bits per heavy atom. The van der Waals surface area contributed by atoms with E-state index in [1.807, 2.05) is 12.1 Å². The average Bonchev–Trinajstić information content (AvgIpc) is 2.41. The predicted molar refractivity (Wildman–Crippen MR) is 69.7 cm³/mol. The Labute approximate surface area is 124 Å². The average molecular weight is 413 g/mol. The molecule has 0 N–H and O–H groups in total. The molecule has 0 heterocycles. The number of rotatable bonds is 1. The van der Waals surface area contributed by atoms with Crippen LogP contribution in [-0.4, -0.2) is 0 Å². The standard InChI is InChI=1S/C13H8F3.HI.Zn/c14-13(15,16)12-8-6-11(7-9-12)10-4-2-1-3-5-10;;/h2-9H;1H;/q-1;;+2/p-1. The first-order chi connectivity index (χ1) is 8.57. The van der Waals surface area contributed by atoms with Crippen molar-refractivity contribution in [2.45, 2.75) is 6.18 Å². The molecule has 2 aromatic rings. The third kappa shape index (κ3) is 4.36. The Kier molecular flexibility index (Phi) is 6.29. The van der Waals surface area contributed by atoms with Crippen LogP contribution in [0.5, 0.6) is 0 Å². The fraction of sp³-hybridized carbons (Fsp3) is 0.0769. The summed E-state index contributed by atoms with van der Waals surface area (Å²) in [5.74, 6) is 0. The van der Waals surface area contributed by atoms with Crippen molar-refractivity contribution in [1.29, 1.82) is 0 Å². The van der Waals surface area contributed by atoms with E-state index in [0.29, 0.717) is 0 Å². The number of alkyl halides is 3. The molecule has 0 saturated carbocycles. The van der Waals surface area contributed by atoms with Gasteiger partial charge in [-0.3, -0.25) is 0 Å². The van der Waals surface area contributed by atoms with E-state index in [1.165, 1.54) is 26.9 Å². The number of hydrogen-bond donors (Lipinski definition) is 0. The second kappa shape index (κ2) is 7.24. The molecule has 0 fully saturated rings. The van der Waals surface area contributed by atoms with Gasteiger partial charge in [0.25, 0.3) is 0 Å². The van der Waals surface area contributed by atoms with E-state index < -0.39 is 11.7 Å². The van der Waals surface area contributed by atoms with Crippen LogP contribution in [0.3, 0.4) is 0 Å². The Morgan fingerprint density at radius 1 is 0.833 bits per heavy atom. The van der Waals surface area contributed by atoms with Crippen LogP contribution in [0.15, 0.2) is 48.5 Å². The summed E-state index contributed by atoms with van der Waals surface area (Å²) in [5.41, 5.74) is 1.02. The predicted octanol–water partition coefficient (Wildman–Crippen LogP) is 5.06. The fourth-order valence-electron chi connectivity index (χ4n) is 1.43. The second-order valence-corrected chi connectivity index (χ2v) is 3.36. The van der Waals surface area contributed by atoms with Crippen LogP contribution in [0.2, 0.25) is 0 Å². The first-order valence-electron chi connectivity index (χ1n) is 4.98. The maximum absolute atomic E-state index is 12.3. The third-order valence-corrected chi connectivity index (χ3v) is 2.26. The van der Waals surface area contributed by atoms with Gasteiger partial charge in [-0.15, -0.1) is 5.56 Å². The molecule has 0 bridgehead atoms. The summed E-state index contributed by atoms with van der Waals surface area (Å²) in [6.07, 6.45) is -4.27. The molecular formula is C13H8F3IZn. The van der Waals surface area contributed by atoms with E-state index in [1.54, 1.807) is 12.1 Å². The molecule has 0 aliphatic carbocycles. The first-order valence-corrected chi connectivity index (χ1v) is 14.0. The zero-order valence-corrected chi connectivity index (χ0v) is 14.5. The van der Waals surface area contributed by atoms with Crippen LogP contribution >= 0.6 is 19.8 Å². The van der Waals surface area contributed by atoms with Crippen molar-refractivity contribution in [3.63, 3.8) is 0 Å². The molecule has 0 nitrogen and oxygen atoms in total.